The number of anilines is 1. The van der Waals surface area contributed by atoms with E-state index in [-0.39, 0.29) is 5.69 Å². The van der Waals surface area contributed by atoms with Crippen LogP contribution in [0.5, 0.6) is 0 Å². The summed E-state index contributed by atoms with van der Waals surface area (Å²) in [5, 5.41) is 2.76. The van der Waals surface area contributed by atoms with Gasteiger partial charge in [-0.25, -0.2) is 12.8 Å². The van der Waals surface area contributed by atoms with Gasteiger partial charge < -0.3 is 5.32 Å². The zero-order valence-corrected chi connectivity index (χ0v) is 17.8. The third kappa shape index (κ3) is 6.53. The van der Waals surface area contributed by atoms with Gasteiger partial charge in [0.25, 0.3) is 0 Å². The third-order valence-electron chi connectivity index (χ3n) is 4.09. The maximum absolute atomic E-state index is 13.5. The van der Waals surface area contributed by atoms with Gasteiger partial charge in [-0.05, 0) is 37.6 Å². The Morgan fingerprint density at radius 3 is 2.50 bits per heavy atom. The minimum absolute atomic E-state index is 0.124. The third-order valence-corrected chi connectivity index (χ3v) is 6.36. The lowest BCUT2D eigenvalue weighted by Crippen LogP contribution is -2.48. The largest absolute Gasteiger partial charge is 0.353 e. The number of rotatable bonds is 9. The first-order valence-electron chi connectivity index (χ1n) is 8.84. The average Bonchev–Trinajstić information content (AvgIpc) is 2.61. The summed E-state index contributed by atoms with van der Waals surface area (Å²) < 4.78 is 38.8. The monoisotopic (exact) mass is 424 g/mol. The van der Waals surface area contributed by atoms with Gasteiger partial charge in [-0.15, -0.1) is 0 Å². The highest BCUT2D eigenvalue weighted by Crippen LogP contribution is 2.21. The van der Waals surface area contributed by atoms with E-state index in [1.54, 1.807) is 11.8 Å². The number of carbonyl (C=O) groups excluding carboxylic acids is 1. The maximum atomic E-state index is 13.5. The number of amides is 1. The van der Waals surface area contributed by atoms with Crippen LogP contribution in [0, 0.1) is 12.7 Å². The van der Waals surface area contributed by atoms with E-state index in [1.165, 1.54) is 36.2 Å². The number of sulfonamides is 1. The Hall–Kier alpha value is -2.06. The van der Waals surface area contributed by atoms with E-state index in [1.807, 2.05) is 6.92 Å². The summed E-state index contributed by atoms with van der Waals surface area (Å²) in [6.45, 7) is 3.94. The Morgan fingerprint density at radius 2 is 1.89 bits per heavy atom. The minimum atomic E-state index is -3.75. The summed E-state index contributed by atoms with van der Waals surface area (Å²) in [6.07, 6.45) is 0.999. The molecule has 152 valence electrons. The molecule has 0 saturated heterocycles. The molecule has 1 atom stereocenters. The molecule has 5 nitrogen and oxygen atoms in total. The van der Waals surface area contributed by atoms with E-state index >= 15 is 0 Å². The quantitative estimate of drug-likeness (QED) is 0.627. The van der Waals surface area contributed by atoms with E-state index in [0.717, 1.165) is 22.4 Å². The molecule has 0 fully saturated rings. The molecule has 1 N–H and O–H groups in total. The zero-order chi connectivity index (χ0) is 20.7. The van der Waals surface area contributed by atoms with Crippen molar-refractivity contribution in [3.63, 3.8) is 0 Å². The number of carbonyl (C=O) groups is 1. The van der Waals surface area contributed by atoms with E-state index in [9.17, 15) is 17.6 Å². The lowest BCUT2D eigenvalue weighted by Gasteiger charge is -2.28. The number of benzene rings is 2. The number of nitrogens with zero attached hydrogens (tertiary/aromatic N) is 1. The molecule has 0 aliphatic rings. The lowest BCUT2D eigenvalue weighted by molar-refractivity contribution is -0.121. The van der Waals surface area contributed by atoms with Crippen molar-refractivity contribution in [3.8, 4) is 0 Å². The number of thioether (sulfide) groups is 1. The predicted molar refractivity (Wildman–Crippen MR) is 114 cm³/mol. The minimum Gasteiger partial charge on any atom is -0.353 e. The summed E-state index contributed by atoms with van der Waals surface area (Å²) in [4.78, 5) is 12.4. The second kappa shape index (κ2) is 9.93. The average molecular weight is 425 g/mol. The molecule has 0 bridgehead atoms. The van der Waals surface area contributed by atoms with E-state index in [4.69, 9.17) is 0 Å². The molecule has 2 aromatic carbocycles. The molecule has 0 aliphatic heterocycles. The fourth-order valence-electron chi connectivity index (χ4n) is 2.69. The highest BCUT2D eigenvalue weighted by molar-refractivity contribution is 7.98. The summed E-state index contributed by atoms with van der Waals surface area (Å²) in [5.74, 6) is 0.548. The van der Waals surface area contributed by atoms with Crippen LogP contribution >= 0.6 is 11.8 Å². The molecular formula is C20H25FN2O3S2. The van der Waals surface area contributed by atoms with Crippen molar-refractivity contribution in [2.24, 2.45) is 0 Å². The molecule has 0 aromatic heterocycles. The first kappa shape index (κ1) is 22.2. The standard InChI is InChI=1S/C20H25FN2O3S2/c1-15-7-9-17(10-8-15)14-27-12-11-22-20(24)16(2)23(28(3,25)26)19-6-4-5-18(21)13-19/h4-10,13,16H,11-12,14H2,1-3H3,(H,22,24)/t16-/m1/s1. The van der Waals surface area contributed by atoms with Crippen LogP contribution in [0.3, 0.4) is 0 Å². The maximum Gasteiger partial charge on any atom is 0.243 e. The predicted octanol–water partition coefficient (Wildman–Crippen LogP) is 3.34. The van der Waals surface area contributed by atoms with Gasteiger partial charge in [0.1, 0.15) is 11.9 Å². The second-order valence-corrected chi connectivity index (χ2v) is 9.51. The molecule has 0 saturated carbocycles. The van der Waals surface area contributed by atoms with Gasteiger partial charge in [-0.1, -0.05) is 35.9 Å². The van der Waals surface area contributed by atoms with E-state index < -0.39 is 27.8 Å². The van der Waals surface area contributed by atoms with Crippen LogP contribution in [0.1, 0.15) is 18.1 Å². The highest BCUT2D eigenvalue weighted by Gasteiger charge is 2.29. The van der Waals surface area contributed by atoms with Crippen LogP contribution in [0.25, 0.3) is 0 Å². The molecule has 0 aliphatic carbocycles. The van der Waals surface area contributed by atoms with Crippen molar-refractivity contribution in [3.05, 3.63) is 65.5 Å². The summed E-state index contributed by atoms with van der Waals surface area (Å²) >= 11 is 1.68. The Bertz CT molecular complexity index is 902. The molecule has 0 heterocycles. The van der Waals surface area contributed by atoms with Crippen LogP contribution < -0.4 is 9.62 Å². The molecule has 0 radical (unpaired) electrons. The first-order valence-corrected chi connectivity index (χ1v) is 11.8. The molecule has 28 heavy (non-hydrogen) atoms. The second-order valence-electron chi connectivity index (χ2n) is 6.54. The Morgan fingerprint density at radius 1 is 1.21 bits per heavy atom. The van der Waals surface area contributed by atoms with Gasteiger partial charge in [0.2, 0.25) is 15.9 Å². The summed E-state index contributed by atoms with van der Waals surface area (Å²) in [6, 6.07) is 12.5. The molecule has 1 amide bonds. The summed E-state index contributed by atoms with van der Waals surface area (Å²) in [5.41, 5.74) is 2.55. The molecule has 8 heteroatoms. The van der Waals surface area contributed by atoms with Crippen molar-refractivity contribution >= 4 is 33.4 Å². The molecule has 0 spiro atoms. The lowest BCUT2D eigenvalue weighted by atomic mass is 10.2. The topological polar surface area (TPSA) is 66.5 Å². The Kier molecular flexibility index (Phi) is 7.88. The zero-order valence-electron chi connectivity index (χ0n) is 16.2. The van der Waals surface area contributed by atoms with Crippen molar-refractivity contribution in [1.82, 2.24) is 5.32 Å². The van der Waals surface area contributed by atoms with Crippen LogP contribution in [0.2, 0.25) is 0 Å². The Balaban J connectivity index is 1.89. The normalized spacial score (nSPS) is 12.4. The van der Waals surface area contributed by atoms with Gasteiger partial charge >= 0.3 is 0 Å². The molecule has 2 aromatic rings. The molecular weight excluding hydrogens is 399 g/mol. The number of hydrogen-bond acceptors (Lipinski definition) is 4. The highest BCUT2D eigenvalue weighted by atomic mass is 32.2. The van der Waals surface area contributed by atoms with Crippen LogP contribution in [-0.2, 0) is 20.6 Å². The van der Waals surface area contributed by atoms with Crippen molar-refractivity contribution in [2.75, 3.05) is 22.9 Å². The fourth-order valence-corrected chi connectivity index (χ4v) is 4.68. The van der Waals surface area contributed by atoms with Gasteiger partial charge in [0.05, 0.1) is 11.9 Å². The molecule has 0 unspecified atom stereocenters. The number of aryl methyl sites for hydroxylation is 1. The van der Waals surface area contributed by atoms with Crippen LogP contribution in [0.4, 0.5) is 10.1 Å². The van der Waals surface area contributed by atoms with Crippen LogP contribution in [0.15, 0.2) is 48.5 Å². The summed E-state index contributed by atoms with van der Waals surface area (Å²) in [7, 11) is -3.75. The van der Waals surface area contributed by atoms with Crippen molar-refractivity contribution < 1.29 is 17.6 Å². The number of nitrogens with one attached hydrogen (secondary N) is 1. The Labute approximate surface area is 170 Å². The van der Waals surface area contributed by atoms with Crippen LogP contribution in [-0.4, -0.2) is 38.9 Å². The van der Waals surface area contributed by atoms with Gasteiger partial charge in [0.15, 0.2) is 0 Å². The van der Waals surface area contributed by atoms with Gasteiger partial charge in [0, 0.05) is 18.1 Å². The SMILES string of the molecule is Cc1ccc(CSCCNC(=O)[C@@H](C)N(c2cccc(F)c2)S(C)(=O)=O)cc1. The smallest absolute Gasteiger partial charge is 0.243 e. The van der Waals surface area contributed by atoms with Gasteiger partial charge in [-0.3, -0.25) is 9.10 Å². The first-order chi connectivity index (χ1) is 13.2. The number of halogens is 1. The van der Waals surface area contributed by atoms with Crippen molar-refractivity contribution in [2.45, 2.75) is 25.6 Å². The van der Waals surface area contributed by atoms with E-state index in [0.29, 0.717) is 12.3 Å². The van der Waals surface area contributed by atoms with Gasteiger partial charge in [-0.2, -0.15) is 11.8 Å². The molecule has 2 rings (SSSR count). The fraction of sp³-hybridized carbons (Fsp3) is 0.350. The van der Waals surface area contributed by atoms with Crippen molar-refractivity contribution in [1.29, 1.82) is 0 Å². The van der Waals surface area contributed by atoms with E-state index in [2.05, 4.69) is 29.6 Å². The number of hydrogen-bond donors (Lipinski definition) is 1.